The van der Waals surface area contributed by atoms with Crippen LogP contribution in [-0.4, -0.2) is 37.9 Å². The lowest BCUT2D eigenvalue weighted by Gasteiger charge is -2.14. The Kier molecular flexibility index (Phi) is 7.76. The first-order valence-electron chi connectivity index (χ1n) is 10.3. The fraction of sp³-hybridized carbons (Fsp3) is 0.435. The molecule has 0 aliphatic carbocycles. The summed E-state index contributed by atoms with van der Waals surface area (Å²) in [6, 6.07) is 15.0. The van der Waals surface area contributed by atoms with Gasteiger partial charge in [0.05, 0.1) is 18.8 Å². The zero-order valence-electron chi connectivity index (χ0n) is 17.1. The van der Waals surface area contributed by atoms with E-state index in [0.717, 1.165) is 48.7 Å². The first-order valence-corrected chi connectivity index (χ1v) is 10.3. The van der Waals surface area contributed by atoms with Gasteiger partial charge in [-0.2, -0.15) is 0 Å². The van der Waals surface area contributed by atoms with Crippen molar-refractivity contribution in [2.45, 2.75) is 45.3 Å². The van der Waals surface area contributed by atoms with Gasteiger partial charge < -0.3 is 24.8 Å². The Hall–Kier alpha value is -2.73. The Morgan fingerprint density at radius 1 is 1.17 bits per heavy atom. The summed E-state index contributed by atoms with van der Waals surface area (Å²) in [6.07, 6.45) is 3.43. The molecule has 156 valence electrons. The topological polar surface area (TPSA) is 68.8 Å². The minimum absolute atomic E-state index is 0.121. The molecule has 2 aromatic rings. The number of carbonyl (C=O) groups is 1. The van der Waals surface area contributed by atoms with E-state index in [4.69, 9.17) is 14.2 Å². The van der Waals surface area contributed by atoms with Crippen LogP contribution in [0.1, 0.15) is 33.1 Å². The first-order chi connectivity index (χ1) is 14.1. The molecule has 6 nitrogen and oxygen atoms in total. The lowest BCUT2D eigenvalue weighted by Crippen LogP contribution is -2.21. The number of hydrogen-bond acceptors (Lipinski definition) is 5. The van der Waals surface area contributed by atoms with Gasteiger partial charge in [-0.3, -0.25) is 4.79 Å². The van der Waals surface area contributed by atoms with E-state index < -0.39 is 0 Å². The Morgan fingerprint density at radius 2 is 2.00 bits per heavy atom. The highest BCUT2D eigenvalue weighted by atomic mass is 16.5. The summed E-state index contributed by atoms with van der Waals surface area (Å²) in [5.41, 5.74) is 1.58. The van der Waals surface area contributed by atoms with E-state index in [1.807, 2.05) is 55.5 Å². The van der Waals surface area contributed by atoms with Crippen molar-refractivity contribution >= 4 is 17.3 Å². The molecule has 2 atom stereocenters. The van der Waals surface area contributed by atoms with Crippen LogP contribution in [0.15, 0.2) is 48.5 Å². The van der Waals surface area contributed by atoms with Gasteiger partial charge in [0.25, 0.3) is 0 Å². The summed E-state index contributed by atoms with van der Waals surface area (Å²) in [5, 5.41) is 6.01. The smallest absolute Gasteiger partial charge is 0.243 e. The predicted molar refractivity (Wildman–Crippen MR) is 115 cm³/mol. The molecule has 1 fully saturated rings. The van der Waals surface area contributed by atoms with Crippen molar-refractivity contribution in [2.24, 2.45) is 0 Å². The van der Waals surface area contributed by atoms with Crippen molar-refractivity contribution in [3.8, 4) is 11.5 Å². The van der Waals surface area contributed by atoms with E-state index in [0.29, 0.717) is 6.61 Å². The van der Waals surface area contributed by atoms with Crippen LogP contribution in [0.2, 0.25) is 0 Å². The van der Waals surface area contributed by atoms with E-state index in [2.05, 4.69) is 17.6 Å². The molecule has 0 aromatic heterocycles. The van der Waals surface area contributed by atoms with Crippen LogP contribution < -0.4 is 20.1 Å². The number of benzene rings is 2. The Bertz CT molecular complexity index is 773. The average molecular weight is 399 g/mol. The maximum absolute atomic E-state index is 12.2. The SMILES string of the molecule is CCC(C)Oc1cccc(NC(=O)CNc2ccc(OCC3CCCO3)cc2)c1. The minimum Gasteiger partial charge on any atom is -0.491 e. The van der Waals surface area contributed by atoms with Crippen molar-refractivity contribution in [3.05, 3.63) is 48.5 Å². The second-order valence-electron chi connectivity index (χ2n) is 7.24. The maximum atomic E-state index is 12.2. The van der Waals surface area contributed by atoms with E-state index in [9.17, 15) is 4.79 Å². The van der Waals surface area contributed by atoms with Gasteiger partial charge in [-0.25, -0.2) is 0 Å². The fourth-order valence-corrected chi connectivity index (χ4v) is 2.98. The van der Waals surface area contributed by atoms with Gasteiger partial charge in [-0.15, -0.1) is 0 Å². The molecular weight excluding hydrogens is 368 g/mol. The normalized spacial score (nSPS) is 16.8. The number of hydrogen-bond donors (Lipinski definition) is 2. The summed E-state index contributed by atoms with van der Waals surface area (Å²) in [5.74, 6) is 1.43. The summed E-state index contributed by atoms with van der Waals surface area (Å²) in [7, 11) is 0. The molecule has 1 amide bonds. The summed E-state index contributed by atoms with van der Waals surface area (Å²) >= 11 is 0. The first kappa shape index (κ1) is 21.0. The van der Waals surface area contributed by atoms with Crippen molar-refractivity contribution < 1.29 is 19.0 Å². The highest BCUT2D eigenvalue weighted by molar-refractivity contribution is 5.93. The molecule has 29 heavy (non-hydrogen) atoms. The molecule has 1 aliphatic heterocycles. The number of anilines is 2. The van der Waals surface area contributed by atoms with Crippen LogP contribution in [0.3, 0.4) is 0 Å². The van der Waals surface area contributed by atoms with Crippen LogP contribution in [0.4, 0.5) is 11.4 Å². The molecule has 1 aliphatic rings. The zero-order chi connectivity index (χ0) is 20.5. The van der Waals surface area contributed by atoms with Gasteiger partial charge in [0.2, 0.25) is 5.91 Å². The predicted octanol–water partition coefficient (Wildman–Crippen LogP) is 4.47. The van der Waals surface area contributed by atoms with Crippen LogP contribution in [0.5, 0.6) is 11.5 Å². The molecule has 2 aromatic carbocycles. The van der Waals surface area contributed by atoms with Crippen LogP contribution >= 0.6 is 0 Å². The quantitative estimate of drug-likeness (QED) is 0.618. The highest BCUT2D eigenvalue weighted by Crippen LogP contribution is 2.20. The van der Waals surface area contributed by atoms with Crippen LogP contribution in [0, 0.1) is 0 Å². The number of carbonyl (C=O) groups excluding carboxylic acids is 1. The molecule has 0 saturated carbocycles. The fourth-order valence-electron chi connectivity index (χ4n) is 2.98. The van der Waals surface area contributed by atoms with Crippen LogP contribution in [0.25, 0.3) is 0 Å². The monoisotopic (exact) mass is 398 g/mol. The zero-order valence-corrected chi connectivity index (χ0v) is 17.1. The van der Waals surface area contributed by atoms with E-state index in [-0.39, 0.29) is 24.7 Å². The summed E-state index contributed by atoms with van der Waals surface area (Å²) in [4.78, 5) is 12.2. The molecule has 2 N–H and O–H groups in total. The molecule has 0 spiro atoms. The summed E-state index contributed by atoms with van der Waals surface area (Å²) < 4.78 is 17.1. The Morgan fingerprint density at radius 3 is 2.72 bits per heavy atom. The molecule has 0 radical (unpaired) electrons. The van der Waals surface area contributed by atoms with Crippen molar-refractivity contribution in [1.29, 1.82) is 0 Å². The van der Waals surface area contributed by atoms with Crippen LogP contribution in [-0.2, 0) is 9.53 Å². The van der Waals surface area contributed by atoms with E-state index >= 15 is 0 Å². The number of amides is 1. The maximum Gasteiger partial charge on any atom is 0.243 e. The highest BCUT2D eigenvalue weighted by Gasteiger charge is 2.15. The molecular formula is C23H30N2O4. The molecule has 2 unspecified atom stereocenters. The molecule has 0 bridgehead atoms. The Labute approximate surface area is 172 Å². The molecule has 1 heterocycles. The lowest BCUT2D eigenvalue weighted by atomic mass is 10.2. The van der Waals surface area contributed by atoms with Gasteiger partial charge in [-0.1, -0.05) is 13.0 Å². The van der Waals surface area contributed by atoms with Gasteiger partial charge in [-0.05, 0) is 62.6 Å². The van der Waals surface area contributed by atoms with Gasteiger partial charge in [0.15, 0.2) is 0 Å². The largest absolute Gasteiger partial charge is 0.491 e. The third-order valence-electron chi connectivity index (χ3n) is 4.80. The van der Waals surface area contributed by atoms with Crippen molar-refractivity contribution in [1.82, 2.24) is 0 Å². The molecule has 1 saturated heterocycles. The number of nitrogens with one attached hydrogen (secondary N) is 2. The molecule has 3 rings (SSSR count). The van der Waals surface area contributed by atoms with Gasteiger partial charge >= 0.3 is 0 Å². The third kappa shape index (κ3) is 6.98. The number of ether oxygens (including phenoxy) is 3. The third-order valence-corrected chi connectivity index (χ3v) is 4.80. The van der Waals surface area contributed by atoms with E-state index in [1.165, 1.54) is 0 Å². The summed E-state index contributed by atoms with van der Waals surface area (Å²) in [6.45, 7) is 5.67. The molecule has 6 heteroatoms. The van der Waals surface area contributed by atoms with Crippen molar-refractivity contribution in [2.75, 3.05) is 30.4 Å². The number of rotatable bonds is 10. The van der Waals surface area contributed by atoms with Gasteiger partial charge in [0, 0.05) is 24.0 Å². The second-order valence-corrected chi connectivity index (χ2v) is 7.24. The van der Waals surface area contributed by atoms with E-state index in [1.54, 1.807) is 0 Å². The Balaban J connectivity index is 1.42. The average Bonchev–Trinajstić information content (AvgIpc) is 3.25. The standard InChI is InChI=1S/C23H30N2O4/c1-3-17(2)29-21-7-4-6-19(14-21)25-23(26)15-24-18-9-11-20(12-10-18)28-16-22-8-5-13-27-22/h4,6-7,9-12,14,17,22,24H,3,5,8,13,15-16H2,1-2H3,(H,25,26). The van der Waals surface area contributed by atoms with Crippen molar-refractivity contribution in [3.63, 3.8) is 0 Å². The second kappa shape index (κ2) is 10.7. The minimum atomic E-state index is -0.121. The lowest BCUT2D eigenvalue weighted by molar-refractivity contribution is -0.114. The van der Waals surface area contributed by atoms with Gasteiger partial charge in [0.1, 0.15) is 18.1 Å².